The standard InChI is InChI=1S/C40H51Cl2N7O2.C2HF3O2/c1-39(2,31-23-29(25-43)37(36(42)24-31)50-22-14-41)30-3-5-35(6-4-30)51-28-32-7-15-45-38(46-32)49-20-12-40(13-21-49)10-18-48(19-11-40)33-8-16-47(17-9-33)34-26-44-27-34;3-2(4,5)1(6)7/h3-7,15,23-24,33-34,44H,8-14,16-22,26-28H2,1-2H3;(H,6,7). The first-order valence-corrected chi connectivity index (χ1v) is 20.8. The molecule has 4 fully saturated rings. The number of hydrogen-bond acceptors (Lipinski definition) is 10. The summed E-state index contributed by atoms with van der Waals surface area (Å²) in [5.41, 5.74) is 3.33. The van der Waals surface area contributed by atoms with Crippen molar-refractivity contribution in [1.29, 1.82) is 5.26 Å². The molecule has 1 spiro atoms. The number of hydrogen-bond donors (Lipinski definition) is 2. The van der Waals surface area contributed by atoms with Crippen molar-refractivity contribution >= 4 is 35.1 Å². The summed E-state index contributed by atoms with van der Waals surface area (Å²) in [6.45, 7) is 14.3. The van der Waals surface area contributed by atoms with E-state index >= 15 is 0 Å². The van der Waals surface area contributed by atoms with E-state index in [0.717, 1.165) is 53.7 Å². The number of aromatic nitrogens is 2. The Bertz CT molecular complexity index is 1880. The number of nitrogens with zero attached hydrogens (tertiary/aromatic N) is 6. The number of ether oxygens (including phenoxy) is 2. The van der Waals surface area contributed by atoms with Gasteiger partial charge in [0.1, 0.15) is 25.0 Å². The van der Waals surface area contributed by atoms with Crippen LogP contribution in [0.4, 0.5) is 19.1 Å². The summed E-state index contributed by atoms with van der Waals surface area (Å²) in [6, 6.07) is 17.5. The van der Waals surface area contributed by atoms with Gasteiger partial charge in [0, 0.05) is 63.0 Å². The molecule has 0 unspecified atom stereocenters. The fraction of sp³-hybridized carbons (Fsp3) is 0.571. The van der Waals surface area contributed by atoms with Gasteiger partial charge in [-0.2, -0.15) is 18.4 Å². The molecule has 1 aromatic heterocycles. The van der Waals surface area contributed by atoms with Crippen LogP contribution in [-0.4, -0.2) is 114 Å². The van der Waals surface area contributed by atoms with E-state index in [0.29, 0.717) is 34.2 Å². The van der Waals surface area contributed by atoms with E-state index in [1.165, 1.54) is 77.8 Å². The van der Waals surface area contributed by atoms with Gasteiger partial charge in [0.15, 0.2) is 5.75 Å². The zero-order valence-corrected chi connectivity index (χ0v) is 34.6. The molecule has 0 bridgehead atoms. The molecule has 3 aromatic rings. The number of carboxylic acids is 1. The first-order valence-electron chi connectivity index (χ1n) is 19.9. The first-order chi connectivity index (χ1) is 27.7. The van der Waals surface area contributed by atoms with Gasteiger partial charge in [0.2, 0.25) is 5.95 Å². The maximum absolute atomic E-state index is 10.6. The summed E-state index contributed by atoms with van der Waals surface area (Å²) >= 11 is 12.3. The Morgan fingerprint density at radius 2 is 1.57 bits per heavy atom. The van der Waals surface area contributed by atoms with Crippen LogP contribution in [0, 0.1) is 16.7 Å². The average molecular weight is 847 g/mol. The second kappa shape index (κ2) is 19.0. The van der Waals surface area contributed by atoms with Crippen LogP contribution in [-0.2, 0) is 16.8 Å². The summed E-state index contributed by atoms with van der Waals surface area (Å²) < 4.78 is 43.6. The van der Waals surface area contributed by atoms with E-state index in [1.54, 1.807) is 0 Å². The van der Waals surface area contributed by atoms with Crippen LogP contribution < -0.4 is 19.7 Å². The number of alkyl halides is 4. The Kier molecular flexibility index (Phi) is 14.3. The highest BCUT2D eigenvalue weighted by Crippen LogP contribution is 2.43. The van der Waals surface area contributed by atoms with Gasteiger partial charge < -0.3 is 29.7 Å². The van der Waals surface area contributed by atoms with Crippen molar-refractivity contribution in [3.05, 3.63) is 76.1 Å². The number of nitrogens with one attached hydrogen (secondary N) is 1. The number of nitriles is 1. The van der Waals surface area contributed by atoms with Crippen LogP contribution in [0.25, 0.3) is 0 Å². The second-order valence-electron chi connectivity index (χ2n) is 16.2. The predicted octanol–water partition coefficient (Wildman–Crippen LogP) is 7.28. The lowest BCUT2D eigenvalue weighted by molar-refractivity contribution is -0.192. The van der Waals surface area contributed by atoms with Gasteiger partial charge in [-0.05, 0) is 98.5 Å². The molecular formula is C42H52Cl2F3N7O4. The minimum absolute atomic E-state index is 0.285. The highest BCUT2D eigenvalue weighted by molar-refractivity contribution is 6.32. The molecule has 0 radical (unpaired) electrons. The third kappa shape index (κ3) is 10.6. The lowest BCUT2D eigenvalue weighted by Crippen LogP contribution is -2.60. The molecule has 4 saturated heterocycles. The number of piperidine rings is 3. The van der Waals surface area contributed by atoms with Gasteiger partial charge in [-0.15, -0.1) is 11.6 Å². The molecule has 0 atom stereocenters. The lowest BCUT2D eigenvalue weighted by Gasteiger charge is -2.50. The number of anilines is 1. The highest BCUT2D eigenvalue weighted by Gasteiger charge is 2.41. The number of benzene rings is 2. The van der Waals surface area contributed by atoms with E-state index in [4.69, 9.17) is 47.6 Å². The van der Waals surface area contributed by atoms with Crippen molar-refractivity contribution in [2.45, 2.75) is 82.7 Å². The summed E-state index contributed by atoms with van der Waals surface area (Å²) in [5.74, 6) is -0.490. The molecule has 0 amide bonds. The number of halogens is 5. The van der Waals surface area contributed by atoms with Crippen LogP contribution in [0.3, 0.4) is 0 Å². The van der Waals surface area contributed by atoms with Crippen LogP contribution in [0.1, 0.15) is 74.8 Å². The number of carboxylic acid groups (broad SMARTS) is 1. The normalized spacial score (nSPS) is 19.4. The molecule has 5 heterocycles. The van der Waals surface area contributed by atoms with E-state index in [-0.39, 0.29) is 6.61 Å². The molecule has 2 N–H and O–H groups in total. The molecule has 4 aliphatic rings. The van der Waals surface area contributed by atoms with Gasteiger partial charge in [-0.3, -0.25) is 4.90 Å². The Morgan fingerprint density at radius 1 is 0.948 bits per heavy atom. The Balaban J connectivity index is 0.000000743. The van der Waals surface area contributed by atoms with Gasteiger partial charge in [-0.25, -0.2) is 14.8 Å². The van der Waals surface area contributed by atoms with Gasteiger partial charge in [-0.1, -0.05) is 37.6 Å². The van der Waals surface area contributed by atoms with Gasteiger partial charge in [0.05, 0.1) is 22.2 Å². The number of rotatable bonds is 11. The average Bonchev–Trinajstić information content (AvgIpc) is 3.20. The predicted molar refractivity (Wildman–Crippen MR) is 217 cm³/mol. The number of carbonyl (C=O) groups is 1. The van der Waals surface area contributed by atoms with E-state index in [9.17, 15) is 18.4 Å². The van der Waals surface area contributed by atoms with Crippen molar-refractivity contribution in [1.82, 2.24) is 25.1 Å². The minimum atomic E-state index is -5.08. The molecule has 4 aliphatic heterocycles. The maximum atomic E-state index is 10.6. The molecule has 58 heavy (non-hydrogen) atoms. The van der Waals surface area contributed by atoms with Crippen molar-refractivity contribution in [2.75, 3.05) is 69.7 Å². The third-order valence-corrected chi connectivity index (χ3v) is 12.8. The third-order valence-electron chi connectivity index (χ3n) is 12.4. The van der Waals surface area contributed by atoms with Gasteiger partial charge >= 0.3 is 12.1 Å². The maximum Gasteiger partial charge on any atom is 0.490 e. The summed E-state index contributed by atoms with van der Waals surface area (Å²) in [6.07, 6.45) is 4.52. The van der Waals surface area contributed by atoms with E-state index in [2.05, 4.69) is 57.0 Å². The molecule has 16 heteroatoms. The molecule has 0 saturated carbocycles. The van der Waals surface area contributed by atoms with Crippen molar-refractivity contribution in [3.63, 3.8) is 0 Å². The van der Waals surface area contributed by atoms with E-state index < -0.39 is 17.6 Å². The largest absolute Gasteiger partial charge is 0.490 e. The van der Waals surface area contributed by atoms with Crippen molar-refractivity contribution in [2.24, 2.45) is 5.41 Å². The van der Waals surface area contributed by atoms with Crippen LogP contribution in [0.5, 0.6) is 11.5 Å². The van der Waals surface area contributed by atoms with Gasteiger partial charge in [0.25, 0.3) is 0 Å². The Morgan fingerprint density at radius 3 is 2.14 bits per heavy atom. The molecule has 0 aliphatic carbocycles. The Labute approximate surface area is 348 Å². The first kappa shape index (κ1) is 43.7. The monoisotopic (exact) mass is 845 g/mol. The SMILES string of the molecule is CC(C)(c1ccc(OCc2ccnc(N3CCC4(CC3)CCN(C3CCN(C5CNC5)CC3)CC4)n2)cc1)c1cc(Cl)c(OCCCl)c(C#N)c1.O=C(O)C(F)(F)F. The number of aliphatic carboxylic acids is 1. The quantitative estimate of drug-likeness (QED) is 0.189. The van der Waals surface area contributed by atoms with Crippen molar-refractivity contribution in [3.8, 4) is 17.6 Å². The summed E-state index contributed by atoms with van der Waals surface area (Å²) in [5, 5.41) is 20.7. The molecular weight excluding hydrogens is 794 g/mol. The van der Waals surface area contributed by atoms with Crippen molar-refractivity contribution < 1.29 is 32.5 Å². The van der Waals surface area contributed by atoms with E-state index in [1.807, 2.05) is 36.5 Å². The zero-order valence-electron chi connectivity index (χ0n) is 33.0. The van der Waals surface area contributed by atoms with Crippen LogP contribution >= 0.6 is 23.2 Å². The summed E-state index contributed by atoms with van der Waals surface area (Å²) in [4.78, 5) is 26.4. The molecule has 2 aromatic carbocycles. The smallest absolute Gasteiger partial charge is 0.489 e. The molecule has 11 nitrogen and oxygen atoms in total. The minimum Gasteiger partial charge on any atom is -0.489 e. The fourth-order valence-electron chi connectivity index (χ4n) is 8.43. The van der Waals surface area contributed by atoms with Crippen LogP contribution in [0.2, 0.25) is 5.02 Å². The molecule has 314 valence electrons. The fourth-order valence-corrected chi connectivity index (χ4v) is 8.78. The Hall–Kier alpha value is -3.87. The number of likely N-dealkylation sites (tertiary alicyclic amines) is 2. The second-order valence-corrected chi connectivity index (χ2v) is 17.0. The lowest BCUT2D eigenvalue weighted by atomic mass is 9.71. The van der Waals surface area contributed by atoms with Crippen LogP contribution in [0.15, 0.2) is 48.7 Å². The topological polar surface area (TPSA) is 127 Å². The molecule has 7 rings (SSSR count). The summed E-state index contributed by atoms with van der Waals surface area (Å²) in [7, 11) is 0. The zero-order chi connectivity index (χ0) is 41.5. The highest BCUT2D eigenvalue weighted by atomic mass is 35.5.